The number of likely N-dealkylation sites (N-methyl/N-ethyl adjacent to an activating group) is 2. The van der Waals surface area contributed by atoms with Gasteiger partial charge >= 0.3 is 0 Å². The van der Waals surface area contributed by atoms with Crippen molar-refractivity contribution in [1.29, 1.82) is 0 Å². The Labute approximate surface area is 56.8 Å². The molecule has 0 bridgehead atoms. The number of rotatable bonds is 4. The van der Waals surface area contributed by atoms with Gasteiger partial charge in [0.2, 0.25) is 0 Å². The van der Waals surface area contributed by atoms with Crippen molar-refractivity contribution in [2.45, 2.75) is 12.6 Å². The summed E-state index contributed by atoms with van der Waals surface area (Å²) >= 11 is 0. The van der Waals surface area contributed by atoms with Crippen molar-refractivity contribution in [2.75, 3.05) is 27.7 Å². The smallest absolute Gasteiger partial charge is 0.128 e. The van der Waals surface area contributed by atoms with Gasteiger partial charge in [0.25, 0.3) is 0 Å². The molecule has 3 nitrogen and oxygen atoms in total. The van der Waals surface area contributed by atoms with Gasteiger partial charge in [-0.1, -0.05) is 0 Å². The minimum Gasteiger partial charge on any atom is -0.363 e. The molecule has 0 fully saturated rings. The molecule has 0 saturated heterocycles. The minimum atomic E-state index is -0.227. The van der Waals surface area contributed by atoms with Crippen molar-refractivity contribution < 1.29 is 4.74 Å². The monoisotopic (exact) mass is 132 g/mol. The summed E-state index contributed by atoms with van der Waals surface area (Å²) in [7, 11) is 5.46. The van der Waals surface area contributed by atoms with Crippen LogP contribution >= 0.6 is 0 Å². The summed E-state index contributed by atoms with van der Waals surface area (Å²) in [6, 6.07) is 0. The van der Waals surface area contributed by atoms with Gasteiger partial charge in [-0.25, -0.2) is 0 Å². The van der Waals surface area contributed by atoms with Crippen molar-refractivity contribution >= 4 is 0 Å². The van der Waals surface area contributed by atoms with E-state index in [-0.39, 0.29) is 5.72 Å². The Balaban J connectivity index is 3.62. The lowest BCUT2D eigenvalue weighted by Crippen LogP contribution is -2.49. The van der Waals surface area contributed by atoms with E-state index in [9.17, 15) is 0 Å². The van der Waals surface area contributed by atoms with E-state index < -0.39 is 0 Å². The van der Waals surface area contributed by atoms with Crippen LogP contribution in [0, 0.1) is 0 Å². The van der Waals surface area contributed by atoms with E-state index in [1.54, 1.807) is 7.11 Å². The minimum absolute atomic E-state index is 0.227. The molecule has 0 spiro atoms. The van der Waals surface area contributed by atoms with Crippen LogP contribution in [0.4, 0.5) is 0 Å². The second-order valence-electron chi connectivity index (χ2n) is 2.22. The van der Waals surface area contributed by atoms with Gasteiger partial charge in [0.05, 0.1) is 0 Å². The van der Waals surface area contributed by atoms with Crippen LogP contribution in [0.15, 0.2) is 0 Å². The maximum Gasteiger partial charge on any atom is 0.128 e. The van der Waals surface area contributed by atoms with Gasteiger partial charge in [0, 0.05) is 13.7 Å². The van der Waals surface area contributed by atoms with Crippen LogP contribution in [-0.2, 0) is 4.74 Å². The molecule has 1 atom stereocenters. The largest absolute Gasteiger partial charge is 0.363 e. The van der Waals surface area contributed by atoms with E-state index in [0.29, 0.717) is 0 Å². The van der Waals surface area contributed by atoms with Gasteiger partial charge in [0.15, 0.2) is 0 Å². The van der Waals surface area contributed by atoms with Crippen LogP contribution in [0.3, 0.4) is 0 Å². The second-order valence-corrected chi connectivity index (χ2v) is 2.22. The Morgan fingerprint density at radius 3 is 2.11 bits per heavy atom. The summed E-state index contributed by atoms with van der Waals surface area (Å²) < 4.78 is 5.15. The molecule has 0 aliphatic rings. The third kappa shape index (κ3) is 2.79. The maximum absolute atomic E-state index is 5.15. The normalized spacial score (nSPS) is 17.3. The number of nitrogens with one attached hydrogen (secondary N) is 2. The zero-order valence-corrected chi connectivity index (χ0v) is 6.62. The van der Waals surface area contributed by atoms with Gasteiger partial charge in [-0.15, -0.1) is 0 Å². The summed E-state index contributed by atoms with van der Waals surface area (Å²) in [4.78, 5) is 0. The fourth-order valence-corrected chi connectivity index (χ4v) is 0.600. The summed E-state index contributed by atoms with van der Waals surface area (Å²) in [5.41, 5.74) is -0.227. The lowest BCUT2D eigenvalue weighted by atomic mass is 10.2. The third-order valence-electron chi connectivity index (χ3n) is 1.49. The highest BCUT2D eigenvalue weighted by atomic mass is 16.5. The van der Waals surface area contributed by atoms with Crippen LogP contribution in [0.2, 0.25) is 0 Å². The molecule has 0 radical (unpaired) electrons. The highest BCUT2D eigenvalue weighted by molar-refractivity contribution is 4.70. The Morgan fingerprint density at radius 1 is 1.44 bits per heavy atom. The molecule has 3 heteroatoms. The lowest BCUT2D eigenvalue weighted by Gasteiger charge is -2.26. The Morgan fingerprint density at radius 2 is 2.00 bits per heavy atom. The van der Waals surface area contributed by atoms with Gasteiger partial charge in [0.1, 0.15) is 5.72 Å². The molecule has 0 aromatic rings. The summed E-state index contributed by atoms with van der Waals surface area (Å²) in [5, 5.41) is 6.07. The molecule has 0 rings (SSSR count). The summed E-state index contributed by atoms with van der Waals surface area (Å²) in [5.74, 6) is 0. The first-order chi connectivity index (χ1) is 4.18. The molecular formula is C6H16N2O. The van der Waals surface area contributed by atoms with Crippen LogP contribution in [0.5, 0.6) is 0 Å². The van der Waals surface area contributed by atoms with Crippen LogP contribution in [-0.4, -0.2) is 33.5 Å². The molecule has 0 amide bonds. The number of hydrogen-bond acceptors (Lipinski definition) is 3. The van der Waals surface area contributed by atoms with Gasteiger partial charge in [-0.05, 0) is 21.0 Å². The average molecular weight is 132 g/mol. The van der Waals surface area contributed by atoms with Gasteiger partial charge in [-0.3, -0.25) is 5.32 Å². The van der Waals surface area contributed by atoms with E-state index in [4.69, 9.17) is 4.74 Å². The fraction of sp³-hybridized carbons (Fsp3) is 1.00. The van der Waals surface area contributed by atoms with E-state index >= 15 is 0 Å². The lowest BCUT2D eigenvalue weighted by molar-refractivity contribution is -0.0146. The van der Waals surface area contributed by atoms with E-state index in [2.05, 4.69) is 10.6 Å². The quantitative estimate of drug-likeness (QED) is 0.519. The van der Waals surface area contributed by atoms with Crippen LogP contribution < -0.4 is 10.6 Å². The van der Waals surface area contributed by atoms with Gasteiger partial charge in [-0.2, -0.15) is 0 Å². The molecule has 56 valence electrons. The first-order valence-corrected chi connectivity index (χ1v) is 3.07. The highest BCUT2D eigenvalue weighted by Crippen LogP contribution is 1.99. The zero-order chi connectivity index (χ0) is 7.33. The molecule has 2 N–H and O–H groups in total. The average Bonchev–Trinajstić information content (AvgIpc) is 1.89. The highest BCUT2D eigenvalue weighted by Gasteiger charge is 2.18. The van der Waals surface area contributed by atoms with Crippen LogP contribution in [0.25, 0.3) is 0 Å². The molecule has 1 unspecified atom stereocenters. The van der Waals surface area contributed by atoms with Crippen LogP contribution in [0.1, 0.15) is 6.92 Å². The Hall–Kier alpha value is -0.120. The maximum atomic E-state index is 5.15. The van der Waals surface area contributed by atoms with Crippen molar-refractivity contribution in [3.05, 3.63) is 0 Å². The number of hydrogen-bond donors (Lipinski definition) is 2. The Kier molecular flexibility index (Phi) is 3.77. The molecular weight excluding hydrogens is 116 g/mol. The molecule has 0 aromatic carbocycles. The molecule has 0 saturated carbocycles. The topological polar surface area (TPSA) is 33.3 Å². The number of ether oxygens (including phenoxy) is 1. The van der Waals surface area contributed by atoms with Crippen molar-refractivity contribution in [3.63, 3.8) is 0 Å². The predicted molar refractivity (Wildman–Crippen MR) is 38.4 cm³/mol. The van der Waals surface area contributed by atoms with E-state index in [1.807, 2.05) is 21.0 Å². The number of methoxy groups -OCH3 is 1. The third-order valence-corrected chi connectivity index (χ3v) is 1.49. The summed E-state index contributed by atoms with van der Waals surface area (Å²) in [6.07, 6.45) is 0. The zero-order valence-electron chi connectivity index (χ0n) is 6.62. The summed E-state index contributed by atoms with van der Waals surface area (Å²) in [6.45, 7) is 2.80. The van der Waals surface area contributed by atoms with E-state index in [1.165, 1.54) is 0 Å². The predicted octanol–water partition coefficient (Wildman–Crippen LogP) is -0.212. The molecule has 9 heavy (non-hydrogen) atoms. The first-order valence-electron chi connectivity index (χ1n) is 3.07. The van der Waals surface area contributed by atoms with E-state index in [0.717, 1.165) is 6.54 Å². The molecule has 0 heterocycles. The van der Waals surface area contributed by atoms with Crippen molar-refractivity contribution in [3.8, 4) is 0 Å². The second kappa shape index (κ2) is 3.82. The SMILES string of the molecule is CNCC(C)(NC)OC. The van der Waals surface area contributed by atoms with Crippen molar-refractivity contribution in [2.24, 2.45) is 0 Å². The first kappa shape index (κ1) is 8.88. The molecule has 0 aromatic heterocycles. The van der Waals surface area contributed by atoms with Crippen molar-refractivity contribution in [1.82, 2.24) is 10.6 Å². The standard InChI is InChI=1S/C6H16N2O/c1-6(8-3,9-4)5-7-2/h7-8H,5H2,1-4H3. The fourth-order valence-electron chi connectivity index (χ4n) is 0.600. The molecule has 0 aliphatic carbocycles. The Bertz CT molecular complexity index is 71.5. The molecule has 0 aliphatic heterocycles. The van der Waals surface area contributed by atoms with Gasteiger partial charge < -0.3 is 10.1 Å².